The Kier molecular flexibility index (Phi) is 6.70. The maximum absolute atomic E-state index is 12.3. The van der Waals surface area contributed by atoms with Gasteiger partial charge in [-0.2, -0.15) is 0 Å². The molecule has 2 heterocycles. The van der Waals surface area contributed by atoms with Gasteiger partial charge in [0, 0.05) is 16.8 Å². The standard InChI is InChI=1S/C19H26N4O2S2/c1-4-7-20-17(25)12(3)23-15(24)9-26-18-16-13-6-5-11(2)8-14(13)27-19(16)22-10-21-18/h10-12H,4-9H2,1-3H3,(H,20,25)(H,23,24)/t11-,12-/m0/s1. The lowest BCUT2D eigenvalue weighted by Crippen LogP contribution is -2.45. The monoisotopic (exact) mass is 406 g/mol. The van der Waals surface area contributed by atoms with Gasteiger partial charge in [0.25, 0.3) is 0 Å². The third-order valence-electron chi connectivity index (χ3n) is 4.72. The number of thioether (sulfide) groups is 1. The Balaban J connectivity index is 1.65. The maximum Gasteiger partial charge on any atom is 0.242 e. The van der Waals surface area contributed by atoms with E-state index in [1.165, 1.54) is 28.6 Å². The molecule has 2 N–H and O–H groups in total. The van der Waals surface area contributed by atoms with Crippen LogP contribution in [-0.4, -0.2) is 40.1 Å². The molecule has 0 fully saturated rings. The molecule has 146 valence electrons. The Morgan fingerprint density at radius 3 is 3.00 bits per heavy atom. The predicted molar refractivity (Wildman–Crippen MR) is 110 cm³/mol. The van der Waals surface area contributed by atoms with Crippen molar-refractivity contribution in [3.8, 4) is 0 Å². The van der Waals surface area contributed by atoms with Crippen molar-refractivity contribution >= 4 is 45.1 Å². The summed E-state index contributed by atoms with van der Waals surface area (Å²) in [6.45, 7) is 6.60. The average molecular weight is 407 g/mol. The first-order chi connectivity index (χ1) is 13.0. The van der Waals surface area contributed by atoms with E-state index in [0.29, 0.717) is 12.5 Å². The van der Waals surface area contributed by atoms with Gasteiger partial charge in [0.05, 0.1) is 5.75 Å². The van der Waals surface area contributed by atoms with E-state index in [4.69, 9.17) is 0 Å². The molecule has 1 aliphatic carbocycles. The van der Waals surface area contributed by atoms with Crippen molar-refractivity contribution in [1.82, 2.24) is 20.6 Å². The molecular formula is C19H26N4O2S2. The van der Waals surface area contributed by atoms with Crippen LogP contribution in [0.25, 0.3) is 10.2 Å². The largest absolute Gasteiger partial charge is 0.354 e. The molecule has 0 aromatic carbocycles. The van der Waals surface area contributed by atoms with E-state index in [2.05, 4.69) is 27.5 Å². The van der Waals surface area contributed by atoms with Crippen LogP contribution in [0.1, 0.15) is 44.1 Å². The fraction of sp³-hybridized carbons (Fsp3) is 0.579. The Bertz CT molecular complexity index is 836. The molecule has 0 saturated carbocycles. The molecule has 3 rings (SSSR count). The van der Waals surface area contributed by atoms with Crippen molar-refractivity contribution in [2.45, 2.75) is 57.5 Å². The smallest absolute Gasteiger partial charge is 0.242 e. The third-order valence-corrected chi connectivity index (χ3v) is 6.87. The Labute approximate surface area is 167 Å². The first-order valence-electron chi connectivity index (χ1n) is 9.44. The summed E-state index contributed by atoms with van der Waals surface area (Å²) in [6, 6.07) is -0.537. The fourth-order valence-electron chi connectivity index (χ4n) is 3.24. The van der Waals surface area contributed by atoms with E-state index in [1.807, 2.05) is 6.92 Å². The van der Waals surface area contributed by atoms with E-state index < -0.39 is 6.04 Å². The summed E-state index contributed by atoms with van der Waals surface area (Å²) in [5.41, 5.74) is 1.36. The zero-order chi connectivity index (χ0) is 19.4. The number of rotatable bonds is 7. The van der Waals surface area contributed by atoms with Crippen molar-refractivity contribution in [2.75, 3.05) is 12.3 Å². The lowest BCUT2D eigenvalue weighted by molar-refractivity contribution is -0.127. The lowest BCUT2D eigenvalue weighted by atomic mass is 9.89. The van der Waals surface area contributed by atoms with Crippen LogP contribution < -0.4 is 10.6 Å². The minimum absolute atomic E-state index is 0.152. The molecule has 2 aromatic rings. The molecule has 0 saturated heterocycles. The molecule has 1 aliphatic rings. The zero-order valence-corrected chi connectivity index (χ0v) is 17.6. The van der Waals surface area contributed by atoms with Gasteiger partial charge in [-0.05, 0) is 44.1 Å². The van der Waals surface area contributed by atoms with Crippen LogP contribution in [0, 0.1) is 5.92 Å². The normalized spacial score (nSPS) is 17.4. The maximum atomic E-state index is 12.3. The van der Waals surface area contributed by atoms with E-state index in [-0.39, 0.29) is 17.6 Å². The summed E-state index contributed by atoms with van der Waals surface area (Å²) in [6.07, 6.45) is 5.79. The fourth-order valence-corrected chi connectivity index (χ4v) is 5.49. The second kappa shape index (κ2) is 9.01. The number of fused-ring (bicyclic) bond motifs is 3. The van der Waals surface area contributed by atoms with Crippen molar-refractivity contribution in [2.24, 2.45) is 5.92 Å². The number of thiophene rings is 1. The van der Waals surface area contributed by atoms with Gasteiger partial charge in [-0.1, -0.05) is 25.6 Å². The molecule has 2 amide bonds. The minimum atomic E-state index is -0.537. The van der Waals surface area contributed by atoms with Gasteiger partial charge in [-0.25, -0.2) is 9.97 Å². The van der Waals surface area contributed by atoms with E-state index in [1.54, 1.807) is 24.6 Å². The van der Waals surface area contributed by atoms with Crippen molar-refractivity contribution < 1.29 is 9.59 Å². The van der Waals surface area contributed by atoms with Crippen LogP contribution in [0.2, 0.25) is 0 Å². The van der Waals surface area contributed by atoms with Crippen LogP contribution in [0.15, 0.2) is 11.4 Å². The van der Waals surface area contributed by atoms with Crippen molar-refractivity contribution in [3.05, 3.63) is 16.8 Å². The highest BCUT2D eigenvalue weighted by molar-refractivity contribution is 8.00. The minimum Gasteiger partial charge on any atom is -0.354 e. The number of aryl methyl sites for hydroxylation is 1. The third kappa shape index (κ3) is 4.79. The van der Waals surface area contributed by atoms with E-state index in [0.717, 1.165) is 34.5 Å². The molecule has 0 bridgehead atoms. The number of nitrogens with one attached hydrogen (secondary N) is 2. The Morgan fingerprint density at radius 2 is 2.22 bits per heavy atom. The van der Waals surface area contributed by atoms with E-state index in [9.17, 15) is 9.59 Å². The molecule has 0 radical (unpaired) electrons. The molecule has 0 aliphatic heterocycles. The van der Waals surface area contributed by atoms with E-state index >= 15 is 0 Å². The lowest BCUT2D eigenvalue weighted by Gasteiger charge is -2.18. The highest BCUT2D eigenvalue weighted by atomic mass is 32.2. The van der Waals surface area contributed by atoms with Crippen LogP contribution in [-0.2, 0) is 22.4 Å². The van der Waals surface area contributed by atoms with Gasteiger partial charge in [-0.3, -0.25) is 9.59 Å². The van der Waals surface area contributed by atoms with Crippen molar-refractivity contribution in [1.29, 1.82) is 0 Å². The second-order valence-electron chi connectivity index (χ2n) is 7.08. The summed E-state index contributed by atoms with van der Waals surface area (Å²) in [5.74, 6) is 0.628. The zero-order valence-electron chi connectivity index (χ0n) is 16.0. The summed E-state index contributed by atoms with van der Waals surface area (Å²) < 4.78 is 0. The van der Waals surface area contributed by atoms with Gasteiger partial charge in [0.2, 0.25) is 11.8 Å². The van der Waals surface area contributed by atoms with Gasteiger partial charge in [0.15, 0.2) is 0 Å². The first-order valence-corrected chi connectivity index (χ1v) is 11.2. The Morgan fingerprint density at radius 1 is 1.41 bits per heavy atom. The average Bonchev–Trinajstić information content (AvgIpc) is 3.02. The van der Waals surface area contributed by atoms with Crippen LogP contribution >= 0.6 is 23.1 Å². The molecular weight excluding hydrogens is 380 g/mol. The number of hydrogen-bond donors (Lipinski definition) is 2. The van der Waals surface area contributed by atoms with Gasteiger partial charge in [0.1, 0.15) is 22.2 Å². The number of carbonyl (C=O) groups excluding carboxylic acids is 2. The topological polar surface area (TPSA) is 84.0 Å². The number of hydrogen-bond acceptors (Lipinski definition) is 6. The second-order valence-corrected chi connectivity index (χ2v) is 9.13. The Hall–Kier alpha value is -1.67. The SMILES string of the molecule is CCCNC(=O)[C@H](C)NC(=O)CSc1ncnc2sc3c(c12)CC[C@H](C)C3. The molecule has 0 unspecified atom stereocenters. The number of carbonyl (C=O) groups is 2. The highest BCUT2D eigenvalue weighted by Gasteiger charge is 2.23. The van der Waals surface area contributed by atoms with Crippen molar-refractivity contribution in [3.63, 3.8) is 0 Å². The number of nitrogens with zero attached hydrogens (tertiary/aromatic N) is 2. The summed E-state index contributed by atoms with van der Waals surface area (Å²) in [5, 5.41) is 7.53. The number of aromatic nitrogens is 2. The van der Waals surface area contributed by atoms with Gasteiger partial charge >= 0.3 is 0 Å². The highest BCUT2D eigenvalue weighted by Crippen LogP contribution is 2.40. The molecule has 6 nitrogen and oxygen atoms in total. The predicted octanol–water partition coefficient (Wildman–Crippen LogP) is 2.94. The van der Waals surface area contributed by atoms with Gasteiger partial charge < -0.3 is 10.6 Å². The quantitative estimate of drug-likeness (QED) is 0.546. The van der Waals surface area contributed by atoms with Gasteiger partial charge in [-0.15, -0.1) is 11.3 Å². The van der Waals surface area contributed by atoms with Crippen LogP contribution in [0.4, 0.5) is 0 Å². The number of amides is 2. The first kappa shape index (κ1) is 20.1. The molecule has 0 spiro atoms. The summed E-state index contributed by atoms with van der Waals surface area (Å²) >= 11 is 3.18. The van der Waals surface area contributed by atoms with Crippen LogP contribution in [0.3, 0.4) is 0 Å². The van der Waals surface area contributed by atoms with Crippen LogP contribution in [0.5, 0.6) is 0 Å². The molecule has 27 heavy (non-hydrogen) atoms. The molecule has 2 atom stereocenters. The summed E-state index contributed by atoms with van der Waals surface area (Å²) in [7, 11) is 0. The summed E-state index contributed by atoms with van der Waals surface area (Å²) in [4.78, 5) is 35.4. The molecule has 2 aromatic heterocycles. The molecule has 8 heteroatoms.